The maximum absolute atomic E-state index is 5.57. The van der Waals surface area contributed by atoms with Crippen LogP contribution in [0, 0.1) is 11.8 Å². The molecule has 0 amide bonds. The molecule has 3 heteroatoms. The second-order valence-electron chi connectivity index (χ2n) is 5.67. The van der Waals surface area contributed by atoms with Gasteiger partial charge < -0.3 is 15.0 Å². The van der Waals surface area contributed by atoms with E-state index < -0.39 is 0 Å². The van der Waals surface area contributed by atoms with E-state index >= 15 is 0 Å². The number of likely N-dealkylation sites (tertiary alicyclic amines) is 1. The van der Waals surface area contributed by atoms with Gasteiger partial charge in [0.15, 0.2) is 0 Å². The van der Waals surface area contributed by atoms with Gasteiger partial charge in [0.2, 0.25) is 0 Å². The predicted octanol–water partition coefficient (Wildman–Crippen LogP) is 1.34. The largest absolute Gasteiger partial charge is 0.379 e. The van der Waals surface area contributed by atoms with Crippen LogP contribution >= 0.6 is 0 Å². The van der Waals surface area contributed by atoms with Gasteiger partial charge in [-0.2, -0.15) is 0 Å². The Hall–Kier alpha value is -0.120. The molecule has 2 aliphatic rings. The lowest BCUT2D eigenvalue weighted by molar-refractivity contribution is 0.0998. The van der Waals surface area contributed by atoms with Crippen molar-refractivity contribution in [3.05, 3.63) is 0 Å². The Labute approximate surface area is 99.5 Å². The molecule has 0 aromatic heterocycles. The minimum Gasteiger partial charge on any atom is -0.379 e. The second kappa shape index (κ2) is 5.48. The van der Waals surface area contributed by atoms with Crippen LogP contribution in [0.4, 0.5) is 0 Å². The highest BCUT2D eigenvalue weighted by atomic mass is 16.5. The number of ether oxygens (including phenoxy) is 1. The number of nitrogens with zero attached hydrogens (tertiary/aromatic N) is 1. The number of rotatable bonds is 3. The van der Waals surface area contributed by atoms with Crippen molar-refractivity contribution in [1.29, 1.82) is 0 Å². The van der Waals surface area contributed by atoms with Gasteiger partial charge in [-0.15, -0.1) is 0 Å². The maximum Gasteiger partial charge on any atom is 0.0623 e. The zero-order valence-corrected chi connectivity index (χ0v) is 10.9. The zero-order chi connectivity index (χ0) is 11.5. The van der Waals surface area contributed by atoms with Crippen molar-refractivity contribution >= 4 is 0 Å². The van der Waals surface area contributed by atoms with Crippen LogP contribution in [0.2, 0.25) is 0 Å². The summed E-state index contributed by atoms with van der Waals surface area (Å²) in [5, 5.41) is 3.38. The summed E-state index contributed by atoms with van der Waals surface area (Å²) in [6, 6.07) is 1.31. The summed E-state index contributed by atoms with van der Waals surface area (Å²) < 4.78 is 5.57. The van der Waals surface area contributed by atoms with Gasteiger partial charge >= 0.3 is 0 Å². The summed E-state index contributed by atoms with van der Waals surface area (Å²) in [5.74, 6) is 1.59. The van der Waals surface area contributed by atoms with E-state index in [4.69, 9.17) is 4.74 Å². The fraction of sp³-hybridized carbons (Fsp3) is 1.00. The van der Waals surface area contributed by atoms with Crippen LogP contribution in [0.25, 0.3) is 0 Å². The standard InChI is InChI=1S/C13H26N2O/c1-10-4-5-15(11(2)6-10)7-12-8-16-9-13(12)14-3/h10-14H,4-9H2,1-3H3. The predicted molar refractivity (Wildman–Crippen MR) is 66.6 cm³/mol. The van der Waals surface area contributed by atoms with Crippen molar-refractivity contribution in [3.63, 3.8) is 0 Å². The van der Waals surface area contributed by atoms with Gasteiger partial charge in [0, 0.05) is 24.5 Å². The fourth-order valence-electron chi connectivity index (χ4n) is 3.13. The third-order valence-corrected chi connectivity index (χ3v) is 4.31. The third-order valence-electron chi connectivity index (χ3n) is 4.31. The average Bonchev–Trinajstić information content (AvgIpc) is 2.69. The first-order chi connectivity index (χ1) is 7.70. The normalized spacial score (nSPS) is 41.4. The van der Waals surface area contributed by atoms with Gasteiger partial charge in [-0.05, 0) is 39.3 Å². The average molecular weight is 226 g/mol. The summed E-state index contributed by atoms with van der Waals surface area (Å²) in [6.07, 6.45) is 2.72. The number of piperidine rings is 1. The first-order valence-electron chi connectivity index (χ1n) is 6.69. The third kappa shape index (κ3) is 2.76. The van der Waals surface area contributed by atoms with E-state index in [-0.39, 0.29) is 0 Å². The molecule has 0 aromatic carbocycles. The van der Waals surface area contributed by atoms with Crippen LogP contribution in [0.15, 0.2) is 0 Å². The Bertz CT molecular complexity index is 222. The van der Waals surface area contributed by atoms with Gasteiger partial charge in [0.05, 0.1) is 13.2 Å². The minimum atomic E-state index is 0.562. The van der Waals surface area contributed by atoms with Crippen molar-refractivity contribution in [1.82, 2.24) is 10.2 Å². The van der Waals surface area contributed by atoms with E-state index in [0.29, 0.717) is 12.0 Å². The molecule has 94 valence electrons. The molecule has 2 fully saturated rings. The van der Waals surface area contributed by atoms with Gasteiger partial charge in [0.1, 0.15) is 0 Å². The molecule has 16 heavy (non-hydrogen) atoms. The molecular weight excluding hydrogens is 200 g/mol. The Morgan fingerprint density at radius 1 is 1.31 bits per heavy atom. The molecule has 2 saturated heterocycles. The number of nitrogens with one attached hydrogen (secondary N) is 1. The van der Waals surface area contributed by atoms with Crippen molar-refractivity contribution in [2.24, 2.45) is 11.8 Å². The first kappa shape index (κ1) is 12.3. The highest BCUT2D eigenvalue weighted by Gasteiger charge is 2.31. The van der Waals surface area contributed by atoms with Crippen molar-refractivity contribution in [2.75, 3.05) is 33.4 Å². The van der Waals surface area contributed by atoms with Crippen LogP contribution in [0.1, 0.15) is 26.7 Å². The van der Waals surface area contributed by atoms with Crippen LogP contribution in [0.3, 0.4) is 0 Å². The molecule has 0 bridgehead atoms. The molecule has 0 saturated carbocycles. The molecule has 2 heterocycles. The lowest BCUT2D eigenvalue weighted by Gasteiger charge is -2.38. The van der Waals surface area contributed by atoms with Crippen molar-refractivity contribution in [2.45, 2.75) is 38.8 Å². The second-order valence-corrected chi connectivity index (χ2v) is 5.67. The Morgan fingerprint density at radius 2 is 2.12 bits per heavy atom. The number of hydrogen-bond donors (Lipinski definition) is 1. The number of hydrogen-bond acceptors (Lipinski definition) is 3. The Kier molecular flexibility index (Phi) is 4.22. The van der Waals surface area contributed by atoms with E-state index in [1.807, 2.05) is 7.05 Å². The molecule has 3 nitrogen and oxygen atoms in total. The SMILES string of the molecule is CNC1COCC1CN1CCC(C)CC1C. The zero-order valence-electron chi connectivity index (χ0n) is 10.9. The van der Waals surface area contributed by atoms with E-state index in [0.717, 1.165) is 25.2 Å². The van der Waals surface area contributed by atoms with Gasteiger partial charge in [-0.3, -0.25) is 0 Å². The van der Waals surface area contributed by atoms with Gasteiger partial charge in [-0.25, -0.2) is 0 Å². The summed E-state index contributed by atoms with van der Waals surface area (Å²) in [4.78, 5) is 2.66. The minimum absolute atomic E-state index is 0.562. The highest BCUT2D eigenvalue weighted by Crippen LogP contribution is 2.24. The summed E-state index contributed by atoms with van der Waals surface area (Å²) in [5.41, 5.74) is 0. The molecular formula is C13H26N2O. The highest BCUT2D eigenvalue weighted by molar-refractivity contribution is 4.86. The van der Waals surface area contributed by atoms with Gasteiger partial charge in [-0.1, -0.05) is 6.92 Å². The molecule has 0 spiro atoms. The van der Waals surface area contributed by atoms with E-state index in [1.165, 1.54) is 25.9 Å². The van der Waals surface area contributed by atoms with Crippen LogP contribution in [0.5, 0.6) is 0 Å². The Balaban J connectivity index is 1.84. The van der Waals surface area contributed by atoms with Crippen molar-refractivity contribution < 1.29 is 4.74 Å². The van der Waals surface area contributed by atoms with Gasteiger partial charge in [0.25, 0.3) is 0 Å². The smallest absolute Gasteiger partial charge is 0.0623 e. The molecule has 4 atom stereocenters. The van der Waals surface area contributed by atoms with Crippen molar-refractivity contribution in [3.8, 4) is 0 Å². The monoisotopic (exact) mass is 226 g/mol. The number of likely N-dealkylation sites (N-methyl/N-ethyl adjacent to an activating group) is 1. The van der Waals surface area contributed by atoms with Crippen LogP contribution in [-0.4, -0.2) is 50.3 Å². The quantitative estimate of drug-likeness (QED) is 0.786. The lowest BCUT2D eigenvalue weighted by Crippen LogP contribution is -2.46. The molecule has 0 radical (unpaired) electrons. The molecule has 4 unspecified atom stereocenters. The van der Waals surface area contributed by atoms with E-state index in [1.54, 1.807) is 0 Å². The van der Waals surface area contributed by atoms with Crippen LogP contribution in [-0.2, 0) is 4.74 Å². The van der Waals surface area contributed by atoms with E-state index in [9.17, 15) is 0 Å². The van der Waals surface area contributed by atoms with E-state index in [2.05, 4.69) is 24.1 Å². The summed E-state index contributed by atoms with van der Waals surface area (Å²) in [7, 11) is 2.05. The lowest BCUT2D eigenvalue weighted by atomic mass is 9.92. The summed E-state index contributed by atoms with van der Waals surface area (Å²) >= 11 is 0. The molecule has 2 aliphatic heterocycles. The molecule has 0 aromatic rings. The Morgan fingerprint density at radius 3 is 2.81 bits per heavy atom. The topological polar surface area (TPSA) is 24.5 Å². The molecule has 2 rings (SSSR count). The summed E-state index contributed by atoms with van der Waals surface area (Å²) in [6.45, 7) is 9.06. The molecule has 0 aliphatic carbocycles. The molecule has 1 N–H and O–H groups in total. The fourth-order valence-corrected chi connectivity index (χ4v) is 3.13. The van der Waals surface area contributed by atoms with Crippen LogP contribution < -0.4 is 5.32 Å². The maximum atomic E-state index is 5.57. The first-order valence-corrected chi connectivity index (χ1v) is 6.69.